The van der Waals surface area contributed by atoms with Crippen LogP contribution in [0.1, 0.15) is 0 Å². The molecule has 0 atom stereocenters. The number of rotatable bonds is 3. The molecular formula is C20H14N2O. The maximum absolute atomic E-state index is 5.95. The highest BCUT2D eigenvalue weighted by atomic mass is 16.5. The minimum absolute atomic E-state index is 0.535. The third-order valence-electron chi connectivity index (χ3n) is 3.61. The smallest absolute Gasteiger partial charge is 0.229 e. The summed E-state index contributed by atoms with van der Waals surface area (Å²) in [5.74, 6) is 1.10. The summed E-state index contributed by atoms with van der Waals surface area (Å²) in [6, 6.07) is 25.8. The van der Waals surface area contributed by atoms with E-state index in [9.17, 15) is 0 Å². The number of nitrogens with zero attached hydrogens (tertiary/aromatic N) is 2. The van der Waals surface area contributed by atoms with Gasteiger partial charge in [0.05, 0.1) is 5.52 Å². The maximum atomic E-state index is 5.95. The van der Waals surface area contributed by atoms with E-state index in [1.807, 2.05) is 54.6 Å². The lowest BCUT2D eigenvalue weighted by atomic mass is 10.0. The predicted molar refractivity (Wildman–Crippen MR) is 91.5 cm³/mol. The number of ether oxygens (including phenoxy) is 1. The molecule has 0 aliphatic carbocycles. The van der Waals surface area contributed by atoms with Crippen molar-refractivity contribution in [2.24, 2.45) is 0 Å². The normalized spacial score (nSPS) is 10.6. The van der Waals surface area contributed by atoms with Gasteiger partial charge in [-0.25, -0.2) is 9.97 Å². The van der Waals surface area contributed by atoms with E-state index >= 15 is 0 Å². The van der Waals surface area contributed by atoms with Crippen LogP contribution in [0.15, 0.2) is 85.1 Å². The van der Waals surface area contributed by atoms with Gasteiger partial charge in [-0.2, -0.15) is 0 Å². The molecule has 0 amide bonds. The molecule has 2 aromatic heterocycles. The molecular weight excluding hydrogens is 284 g/mol. The van der Waals surface area contributed by atoms with Gasteiger partial charge in [-0.1, -0.05) is 54.6 Å². The molecule has 4 aromatic rings. The van der Waals surface area contributed by atoms with Gasteiger partial charge in [0.2, 0.25) is 11.8 Å². The summed E-state index contributed by atoms with van der Waals surface area (Å²) in [7, 11) is 0. The van der Waals surface area contributed by atoms with Crippen molar-refractivity contribution in [1.82, 2.24) is 9.97 Å². The van der Waals surface area contributed by atoms with Crippen molar-refractivity contribution in [3.8, 4) is 22.9 Å². The van der Waals surface area contributed by atoms with Crippen molar-refractivity contribution in [3.63, 3.8) is 0 Å². The first-order valence-corrected chi connectivity index (χ1v) is 7.44. The van der Waals surface area contributed by atoms with E-state index in [1.54, 1.807) is 6.20 Å². The molecule has 0 fully saturated rings. The van der Waals surface area contributed by atoms with Gasteiger partial charge >= 0.3 is 0 Å². The summed E-state index contributed by atoms with van der Waals surface area (Å²) in [6.45, 7) is 0. The SMILES string of the molecule is c1ccc(-c2cc3ccccc3nc2Oc2ccccn2)cc1. The number of pyridine rings is 2. The zero-order valence-corrected chi connectivity index (χ0v) is 12.4. The molecule has 0 N–H and O–H groups in total. The highest BCUT2D eigenvalue weighted by Gasteiger charge is 2.11. The Morgan fingerprint density at radius 2 is 1.52 bits per heavy atom. The highest BCUT2D eigenvalue weighted by molar-refractivity contribution is 5.86. The Hall–Kier alpha value is -3.20. The topological polar surface area (TPSA) is 35.0 Å². The molecule has 3 heteroatoms. The molecule has 0 unspecified atom stereocenters. The van der Waals surface area contributed by atoms with E-state index in [-0.39, 0.29) is 0 Å². The minimum Gasteiger partial charge on any atom is -0.420 e. The lowest BCUT2D eigenvalue weighted by Crippen LogP contribution is -1.94. The summed E-state index contributed by atoms with van der Waals surface area (Å²) >= 11 is 0. The average Bonchev–Trinajstić information content (AvgIpc) is 2.63. The molecule has 0 radical (unpaired) electrons. The molecule has 0 bridgehead atoms. The first-order valence-electron chi connectivity index (χ1n) is 7.44. The Morgan fingerprint density at radius 3 is 2.35 bits per heavy atom. The first kappa shape index (κ1) is 13.5. The zero-order chi connectivity index (χ0) is 15.5. The van der Waals surface area contributed by atoms with Crippen LogP contribution in [0.25, 0.3) is 22.0 Å². The molecule has 2 aromatic carbocycles. The van der Waals surface area contributed by atoms with Crippen molar-refractivity contribution < 1.29 is 4.74 Å². The Balaban J connectivity index is 1.89. The Morgan fingerprint density at radius 1 is 0.739 bits per heavy atom. The standard InChI is InChI=1S/C20H14N2O/c1-2-8-15(9-3-1)17-14-16-10-4-5-11-18(16)22-20(17)23-19-12-6-7-13-21-19/h1-14H. The van der Waals surface area contributed by atoms with Gasteiger partial charge in [0.15, 0.2) is 0 Å². The van der Waals surface area contributed by atoms with E-state index in [4.69, 9.17) is 4.74 Å². The van der Waals surface area contributed by atoms with Gasteiger partial charge in [-0.3, -0.25) is 0 Å². The van der Waals surface area contributed by atoms with Crippen LogP contribution in [0.2, 0.25) is 0 Å². The summed E-state index contributed by atoms with van der Waals surface area (Å²) in [4.78, 5) is 8.91. The third-order valence-corrected chi connectivity index (χ3v) is 3.61. The molecule has 0 saturated carbocycles. The van der Waals surface area contributed by atoms with E-state index in [0.717, 1.165) is 22.0 Å². The fourth-order valence-corrected chi connectivity index (χ4v) is 2.51. The number of fused-ring (bicyclic) bond motifs is 1. The van der Waals surface area contributed by atoms with E-state index in [2.05, 4.69) is 34.2 Å². The molecule has 110 valence electrons. The van der Waals surface area contributed by atoms with Crippen LogP contribution >= 0.6 is 0 Å². The Kier molecular flexibility index (Phi) is 3.45. The second-order valence-corrected chi connectivity index (χ2v) is 5.17. The van der Waals surface area contributed by atoms with Crippen molar-refractivity contribution in [1.29, 1.82) is 0 Å². The Labute approximate surface area is 134 Å². The van der Waals surface area contributed by atoms with Gasteiger partial charge in [-0.15, -0.1) is 0 Å². The number of aromatic nitrogens is 2. The van der Waals surface area contributed by atoms with Crippen LogP contribution in [0.4, 0.5) is 0 Å². The molecule has 0 saturated heterocycles. The molecule has 3 nitrogen and oxygen atoms in total. The van der Waals surface area contributed by atoms with Crippen molar-refractivity contribution in [2.75, 3.05) is 0 Å². The maximum Gasteiger partial charge on any atom is 0.229 e. The lowest BCUT2D eigenvalue weighted by molar-refractivity contribution is 0.448. The van der Waals surface area contributed by atoms with Crippen LogP contribution in [-0.4, -0.2) is 9.97 Å². The minimum atomic E-state index is 0.535. The van der Waals surface area contributed by atoms with Crippen LogP contribution in [0.3, 0.4) is 0 Å². The zero-order valence-electron chi connectivity index (χ0n) is 12.4. The van der Waals surface area contributed by atoms with Crippen molar-refractivity contribution >= 4 is 10.9 Å². The summed E-state index contributed by atoms with van der Waals surface area (Å²) in [5, 5.41) is 1.08. The molecule has 4 rings (SSSR count). The second-order valence-electron chi connectivity index (χ2n) is 5.17. The monoisotopic (exact) mass is 298 g/mol. The van der Waals surface area contributed by atoms with Crippen LogP contribution in [0.5, 0.6) is 11.8 Å². The first-order chi connectivity index (χ1) is 11.4. The number of hydrogen-bond donors (Lipinski definition) is 0. The van der Waals surface area contributed by atoms with Gasteiger partial charge in [0.25, 0.3) is 0 Å². The quantitative estimate of drug-likeness (QED) is 0.528. The largest absolute Gasteiger partial charge is 0.420 e. The number of hydrogen-bond acceptors (Lipinski definition) is 3. The van der Waals surface area contributed by atoms with Crippen molar-refractivity contribution in [3.05, 3.63) is 85.1 Å². The lowest BCUT2D eigenvalue weighted by Gasteiger charge is -2.11. The number of benzene rings is 2. The van der Waals surface area contributed by atoms with Crippen molar-refractivity contribution in [2.45, 2.75) is 0 Å². The molecule has 23 heavy (non-hydrogen) atoms. The van der Waals surface area contributed by atoms with Gasteiger partial charge in [0, 0.05) is 23.2 Å². The van der Waals surface area contributed by atoms with Crippen LogP contribution in [0, 0.1) is 0 Å². The fourth-order valence-electron chi connectivity index (χ4n) is 2.51. The summed E-state index contributed by atoms with van der Waals surface area (Å²) in [6.07, 6.45) is 1.71. The van der Waals surface area contributed by atoms with Crippen LogP contribution < -0.4 is 4.74 Å². The Bertz CT molecular complexity index is 937. The highest BCUT2D eigenvalue weighted by Crippen LogP contribution is 2.33. The van der Waals surface area contributed by atoms with Gasteiger partial charge < -0.3 is 4.74 Å². The third kappa shape index (κ3) is 2.77. The van der Waals surface area contributed by atoms with E-state index in [1.165, 1.54) is 0 Å². The molecule has 2 heterocycles. The average molecular weight is 298 g/mol. The van der Waals surface area contributed by atoms with Gasteiger partial charge in [-0.05, 0) is 23.8 Å². The summed E-state index contributed by atoms with van der Waals surface area (Å²) in [5.41, 5.74) is 2.92. The fraction of sp³-hybridized carbons (Fsp3) is 0. The molecule has 0 aliphatic rings. The second kappa shape index (κ2) is 5.89. The predicted octanol–water partition coefficient (Wildman–Crippen LogP) is 5.09. The van der Waals surface area contributed by atoms with E-state index < -0.39 is 0 Å². The summed E-state index contributed by atoms with van der Waals surface area (Å²) < 4.78 is 5.95. The molecule has 0 aliphatic heterocycles. The number of para-hydroxylation sites is 1. The molecule has 0 spiro atoms. The van der Waals surface area contributed by atoms with E-state index in [0.29, 0.717) is 11.8 Å². The van der Waals surface area contributed by atoms with Crippen LogP contribution in [-0.2, 0) is 0 Å². The van der Waals surface area contributed by atoms with Gasteiger partial charge in [0.1, 0.15) is 0 Å².